The SMILES string of the molecule is Cc1cccc(CN2C(=O)CCC23CCN(Cc2ccco2)CC3)c1.O=C(O)C(F)(F)F. The quantitative estimate of drug-likeness (QED) is 0.746. The van der Waals surface area contributed by atoms with E-state index >= 15 is 0 Å². The number of carboxylic acid groups (broad SMARTS) is 1. The first-order valence-electron chi connectivity index (χ1n) is 10.5. The number of carbonyl (C=O) groups is 2. The van der Waals surface area contributed by atoms with Gasteiger partial charge in [0, 0.05) is 31.6 Å². The fourth-order valence-corrected chi connectivity index (χ4v) is 4.39. The smallest absolute Gasteiger partial charge is 0.475 e. The summed E-state index contributed by atoms with van der Waals surface area (Å²) in [5.74, 6) is -1.41. The molecule has 174 valence electrons. The largest absolute Gasteiger partial charge is 0.490 e. The van der Waals surface area contributed by atoms with E-state index in [-0.39, 0.29) is 5.54 Å². The highest BCUT2D eigenvalue weighted by Gasteiger charge is 2.46. The lowest BCUT2D eigenvalue weighted by Crippen LogP contribution is -2.52. The van der Waals surface area contributed by atoms with Crippen molar-refractivity contribution in [2.45, 2.75) is 57.4 Å². The normalized spacial score (nSPS) is 18.5. The lowest BCUT2D eigenvalue weighted by Gasteiger charge is -2.45. The van der Waals surface area contributed by atoms with Crippen LogP contribution in [-0.2, 0) is 22.7 Å². The van der Waals surface area contributed by atoms with E-state index in [0.29, 0.717) is 12.3 Å². The van der Waals surface area contributed by atoms with Crippen LogP contribution >= 0.6 is 0 Å². The standard InChI is InChI=1S/C21H26N2O2.C2HF3O2/c1-17-4-2-5-18(14-17)15-23-20(24)7-8-21(23)9-11-22(12-10-21)16-19-6-3-13-25-19;3-2(4,5)1(6)7/h2-6,13-14H,7-12,15-16H2,1H3;(H,6,7). The Morgan fingerprint density at radius 3 is 2.38 bits per heavy atom. The highest BCUT2D eigenvalue weighted by Crippen LogP contribution is 2.40. The summed E-state index contributed by atoms with van der Waals surface area (Å²) in [7, 11) is 0. The number of aliphatic carboxylic acids is 1. The molecule has 0 unspecified atom stereocenters. The van der Waals surface area contributed by atoms with E-state index in [1.807, 2.05) is 12.1 Å². The summed E-state index contributed by atoms with van der Waals surface area (Å²) in [4.78, 5) is 26.1. The van der Waals surface area contributed by atoms with E-state index in [9.17, 15) is 18.0 Å². The molecule has 2 aromatic rings. The number of nitrogens with zero attached hydrogens (tertiary/aromatic N) is 2. The predicted molar refractivity (Wildman–Crippen MR) is 111 cm³/mol. The monoisotopic (exact) mass is 452 g/mol. The molecule has 2 aliphatic rings. The Balaban J connectivity index is 0.000000360. The van der Waals surface area contributed by atoms with Gasteiger partial charge in [-0.15, -0.1) is 0 Å². The molecule has 1 aromatic carbocycles. The number of carbonyl (C=O) groups excluding carboxylic acids is 1. The maximum atomic E-state index is 12.6. The van der Waals surface area contributed by atoms with Crippen molar-refractivity contribution < 1.29 is 32.3 Å². The topological polar surface area (TPSA) is 74.0 Å². The number of rotatable bonds is 4. The van der Waals surface area contributed by atoms with Crippen LogP contribution in [0.1, 0.15) is 42.6 Å². The number of carboxylic acids is 1. The number of halogens is 3. The Bertz CT molecular complexity index is 920. The maximum absolute atomic E-state index is 12.6. The third kappa shape index (κ3) is 5.91. The predicted octanol–water partition coefficient (Wildman–Crippen LogP) is 4.38. The summed E-state index contributed by atoms with van der Waals surface area (Å²) in [5, 5.41) is 7.12. The van der Waals surface area contributed by atoms with Crippen molar-refractivity contribution in [2.75, 3.05) is 13.1 Å². The van der Waals surface area contributed by atoms with Crippen LogP contribution in [0.4, 0.5) is 13.2 Å². The molecule has 9 heteroatoms. The summed E-state index contributed by atoms with van der Waals surface area (Å²) in [6.07, 6.45) is 0.479. The van der Waals surface area contributed by atoms with Crippen LogP contribution in [0, 0.1) is 6.92 Å². The van der Waals surface area contributed by atoms with Crippen molar-refractivity contribution >= 4 is 11.9 Å². The average Bonchev–Trinajstić information content (AvgIpc) is 3.34. The number of furan rings is 1. The van der Waals surface area contributed by atoms with Crippen LogP contribution in [0.3, 0.4) is 0 Å². The first-order valence-corrected chi connectivity index (χ1v) is 10.5. The number of alkyl halides is 3. The first kappa shape index (κ1) is 23.8. The summed E-state index contributed by atoms with van der Waals surface area (Å²) in [6, 6.07) is 12.5. The second-order valence-corrected chi connectivity index (χ2v) is 8.35. The van der Waals surface area contributed by atoms with Gasteiger partial charge in [-0.25, -0.2) is 4.79 Å². The van der Waals surface area contributed by atoms with Crippen molar-refractivity contribution in [2.24, 2.45) is 0 Å². The van der Waals surface area contributed by atoms with Gasteiger partial charge in [0.25, 0.3) is 0 Å². The van der Waals surface area contributed by atoms with E-state index in [4.69, 9.17) is 14.3 Å². The lowest BCUT2D eigenvalue weighted by molar-refractivity contribution is -0.192. The maximum Gasteiger partial charge on any atom is 0.490 e. The minimum atomic E-state index is -5.08. The molecule has 32 heavy (non-hydrogen) atoms. The molecule has 1 amide bonds. The molecule has 1 N–H and O–H groups in total. The zero-order chi connectivity index (χ0) is 23.4. The number of hydrogen-bond acceptors (Lipinski definition) is 4. The number of likely N-dealkylation sites (tertiary alicyclic amines) is 2. The molecule has 2 saturated heterocycles. The van der Waals surface area contributed by atoms with E-state index in [2.05, 4.69) is 41.0 Å². The third-order valence-electron chi connectivity index (χ3n) is 6.09. The molecule has 0 radical (unpaired) electrons. The molecule has 4 rings (SSSR count). The summed E-state index contributed by atoms with van der Waals surface area (Å²) in [6.45, 7) is 5.78. The fourth-order valence-electron chi connectivity index (χ4n) is 4.39. The molecule has 2 aliphatic heterocycles. The summed E-state index contributed by atoms with van der Waals surface area (Å²) >= 11 is 0. The number of hydrogen-bond donors (Lipinski definition) is 1. The molecule has 1 aromatic heterocycles. The van der Waals surface area contributed by atoms with Gasteiger partial charge < -0.3 is 14.4 Å². The first-order chi connectivity index (χ1) is 15.1. The van der Waals surface area contributed by atoms with Gasteiger partial charge in [0.05, 0.1) is 12.8 Å². The number of benzene rings is 1. The molecule has 3 heterocycles. The minimum absolute atomic E-state index is 0.0560. The van der Waals surface area contributed by atoms with Crippen molar-refractivity contribution in [3.8, 4) is 0 Å². The molecular formula is C23H27F3N2O4. The van der Waals surface area contributed by atoms with Crippen molar-refractivity contribution in [1.82, 2.24) is 9.80 Å². The van der Waals surface area contributed by atoms with Crippen LogP contribution in [0.15, 0.2) is 47.1 Å². The van der Waals surface area contributed by atoms with E-state index in [1.54, 1.807) is 6.26 Å². The molecule has 2 fully saturated rings. The van der Waals surface area contributed by atoms with Crippen molar-refractivity contribution in [1.29, 1.82) is 0 Å². The average molecular weight is 452 g/mol. The van der Waals surface area contributed by atoms with Gasteiger partial charge in [0.15, 0.2) is 0 Å². The van der Waals surface area contributed by atoms with Crippen LogP contribution in [0.2, 0.25) is 0 Å². The fraction of sp³-hybridized carbons (Fsp3) is 0.478. The zero-order valence-electron chi connectivity index (χ0n) is 17.9. The van der Waals surface area contributed by atoms with Gasteiger partial charge in [0.2, 0.25) is 5.91 Å². The Kier molecular flexibility index (Phi) is 7.28. The highest BCUT2D eigenvalue weighted by atomic mass is 19.4. The molecule has 1 spiro atoms. The lowest BCUT2D eigenvalue weighted by atomic mass is 9.84. The Morgan fingerprint density at radius 2 is 1.81 bits per heavy atom. The number of aryl methyl sites for hydroxylation is 1. The van der Waals surface area contributed by atoms with Gasteiger partial charge in [-0.05, 0) is 43.9 Å². The number of piperidine rings is 1. The molecule has 0 aliphatic carbocycles. The number of amides is 1. The molecule has 0 bridgehead atoms. The van der Waals surface area contributed by atoms with E-state index in [1.165, 1.54) is 11.1 Å². The Labute approximate surface area is 184 Å². The van der Waals surface area contributed by atoms with Gasteiger partial charge in [-0.2, -0.15) is 13.2 Å². The second kappa shape index (κ2) is 9.77. The molecule has 0 atom stereocenters. The van der Waals surface area contributed by atoms with Crippen LogP contribution in [0.25, 0.3) is 0 Å². The van der Waals surface area contributed by atoms with Crippen LogP contribution < -0.4 is 0 Å². The van der Waals surface area contributed by atoms with E-state index in [0.717, 1.165) is 51.2 Å². The van der Waals surface area contributed by atoms with Crippen molar-refractivity contribution in [3.63, 3.8) is 0 Å². The van der Waals surface area contributed by atoms with Gasteiger partial charge in [-0.3, -0.25) is 9.69 Å². The summed E-state index contributed by atoms with van der Waals surface area (Å²) < 4.78 is 37.2. The highest BCUT2D eigenvalue weighted by molar-refractivity contribution is 5.79. The second-order valence-electron chi connectivity index (χ2n) is 8.35. The molecular weight excluding hydrogens is 425 g/mol. The van der Waals surface area contributed by atoms with Crippen LogP contribution in [0.5, 0.6) is 0 Å². The van der Waals surface area contributed by atoms with Gasteiger partial charge in [-0.1, -0.05) is 29.8 Å². The zero-order valence-corrected chi connectivity index (χ0v) is 17.9. The van der Waals surface area contributed by atoms with Crippen LogP contribution in [-0.4, -0.2) is 51.6 Å². The molecule has 6 nitrogen and oxygen atoms in total. The van der Waals surface area contributed by atoms with E-state index < -0.39 is 12.1 Å². The molecule has 0 saturated carbocycles. The minimum Gasteiger partial charge on any atom is -0.475 e. The van der Waals surface area contributed by atoms with Gasteiger partial charge in [0.1, 0.15) is 5.76 Å². The Morgan fingerprint density at radius 1 is 1.12 bits per heavy atom. The van der Waals surface area contributed by atoms with Gasteiger partial charge >= 0.3 is 12.1 Å². The summed E-state index contributed by atoms with van der Waals surface area (Å²) in [5.41, 5.74) is 2.56. The Hall–Kier alpha value is -2.81. The van der Waals surface area contributed by atoms with Crippen molar-refractivity contribution in [3.05, 3.63) is 59.5 Å². The third-order valence-corrected chi connectivity index (χ3v) is 6.09.